The highest BCUT2D eigenvalue weighted by Crippen LogP contribution is 2.34. The van der Waals surface area contributed by atoms with Crippen LogP contribution in [-0.4, -0.2) is 10.1 Å². The molecule has 0 amide bonds. The molecule has 3 N–H and O–H groups in total. The smallest absolute Gasteiger partial charge is 0.231 e. The Hall–Kier alpha value is -2.56. The molecule has 1 aromatic heterocycles. The molecule has 0 bridgehead atoms. The number of hydrogen-bond donors (Lipinski definition) is 2. The van der Waals surface area contributed by atoms with Crippen molar-refractivity contribution in [1.82, 2.24) is 4.98 Å². The number of nitrogen functional groups attached to an aromatic ring is 1. The number of nitrogens with zero attached hydrogens (tertiary/aromatic N) is 1. The number of aromatic nitrogens is 1. The minimum Gasteiger partial charge on any atom is -0.505 e. The summed E-state index contributed by atoms with van der Waals surface area (Å²) in [5, 5.41) is 9.83. The normalized spacial score (nSPS) is 10.9. The minimum absolute atomic E-state index is 0.0930. The lowest BCUT2D eigenvalue weighted by molar-refractivity contribution is 0.476. The van der Waals surface area contributed by atoms with Crippen LogP contribution in [0.25, 0.3) is 22.6 Å². The van der Waals surface area contributed by atoms with Crippen molar-refractivity contribution in [2.24, 2.45) is 0 Å². The molecule has 0 saturated carbocycles. The first-order valence-corrected chi connectivity index (χ1v) is 5.29. The topological polar surface area (TPSA) is 72.3 Å². The first-order chi connectivity index (χ1) is 8.65. The van der Waals surface area contributed by atoms with Crippen LogP contribution in [0.3, 0.4) is 0 Å². The molecule has 0 aliphatic heterocycles. The Morgan fingerprint density at radius 1 is 1.22 bits per heavy atom. The molecule has 0 atom stereocenters. The molecule has 0 fully saturated rings. The molecule has 3 rings (SSSR count). The number of nitrogens with two attached hydrogens (primary N) is 1. The summed E-state index contributed by atoms with van der Waals surface area (Å²) in [6.07, 6.45) is 0. The van der Waals surface area contributed by atoms with Gasteiger partial charge in [0.05, 0.1) is 11.3 Å². The summed E-state index contributed by atoms with van der Waals surface area (Å²) in [6.45, 7) is 0. The zero-order valence-electron chi connectivity index (χ0n) is 9.22. The maximum Gasteiger partial charge on any atom is 0.231 e. The lowest BCUT2D eigenvalue weighted by Crippen LogP contribution is -1.87. The molecule has 0 aliphatic carbocycles. The van der Waals surface area contributed by atoms with Gasteiger partial charge in [0.15, 0.2) is 11.3 Å². The van der Waals surface area contributed by atoms with Crippen LogP contribution in [0.15, 0.2) is 40.8 Å². The van der Waals surface area contributed by atoms with Crippen molar-refractivity contribution in [2.45, 2.75) is 0 Å². The molecular weight excluding hydrogens is 235 g/mol. The summed E-state index contributed by atoms with van der Waals surface area (Å²) < 4.78 is 18.4. The number of hydrogen-bond acceptors (Lipinski definition) is 4. The van der Waals surface area contributed by atoms with E-state index in [0.29, 0.717) is 16.7 Å². The predicted octanol–water partition coefficient (Wildman–Crippen LogP) is 2.92. The fraction of sp³-hybridized carbons (Fsp3) is 0. The van der Waals surface area contributed by atoms with Crippen molar-refractivity contribution in [3.05, 3.63) is 42.2 Å². The van der Waals surface area contributed by atoms with E-state index >= 15 is 0 Å². The molecule has 0 saturated heterocycles. The van der Waals surface area contributed by atoms with Gasteiger partial charge in [-0.2, -0.15) is 0 Å². The molecule has 90 valence electrons. The number of rotatable bonds is 1. The monoisotopic (exact) mass is 244 g/mol. The third kappa shape index (κ3) is 1.57. The van der Waals surface area contributed by atoms with Crippen LogP contribution in [-0.2, 0) is 0 Å². The third-order valence-corrected chi connectivity index (χ3v) is 2.65. The van der Waals surface area contributed by atoms with Gasteiger partial charge >= 0.3 is 0 Å². The van der Waals surface area contributed by atoms with Gasteiger partial charge in [-0.1, -0.05) is 6.07 Å². The first-order valence-electron chi connectivity index (χ1n) is 5.29. The number of para-hydroxylation sites is 1. The van der Waals surface area contributed by atoms with Crippen molar-refractivity contribution in [2.75, 3.05) is 5.73 Å². The van der Waals surface area contributed by atoms with Crippen LogP contribution >= 0.6 is 0 Å². The Morgan fingerprint density at radius 2 is 2.06 bits per heavy atom. The van der Waals surface area contributed by atoms with Gasteiger partial charge in [0, 0.05) is 6.07 Å². The van der Waals surface area contributed by atoms with Crippen molar-refractivity contribution < 1.29 is 13.9 Å². The Bertz CT molecular complexity index is 737. The van der Waals surface area contributed by atoms with Crippen molar-refractivity contribution in [3.8, 4) is 17.2 Å². The second-order valence-corrected chi connectivity index (χ2v) is 3.87. The van der Waals surface area contributed by atoms with Gasteiger partial charge < -0.3 is 15.3 Å². The molecule has 1 heterocycles. The van der Waals surface area contributed by atoms with E-state index in [4.69, 9.17) is 10.2 Å². The number of benzene rings is 2. The van der Waals surface area contributed by atoms with Gasteiger partial charge in [0.2, 0.25) is 5.89 Å². The zero-order valence-corrected chi connectivity index (χ0v) is 9.22. The predicted molar refractivity (Wildman–Crippen MR) is 65.5 cm³/mol. The number of phenols is 1. The largest absolute Gasteiger partial charge is 0.505 e. The fourth-order valence-corrected chi connectivity index (χ4v) is 1.75. The van der Waals surface area contributed by atoms with Gasteiger partial charge in [0.1, 0.15) is 11.3 Å². The number of aromatic hydroxyl groups is 1. The second-order valence-electron chi connectivity index (χ2n) is 3.87. The van der Waals surface area contributed by atoms with Crippen LogP contribution in [0, 0.1) is 5.82 Å². The van der Waals surface area contributed by atoms with E-state index in [9.17, 15) is 9.50 Å². The molecule has 0 unspecified atom stereocenters. The van der Waals surface area contributed by atoms with E-state index in [1.165, 1.54) is 18.2 Å². The van der Waals surface area contributed by atoms with Crippen molar-refractivity contribution in [3.63, 3.8) is 0 Å². The minimum atomic E-state index is -0.401. The molecule has 0 spiro atoms. The summed E-state index contributed by atoms with van der Waals surface area (Å²) in [6, 6.07) is 8.94. The summed E-state index contributed by atoms with van der Waals surface area (Å²) >= 11 is 0. The molecule has 4 nitrogen and oxygen atoms in total. The molecule has 18 heavy (non-hydrogen) atoms. The maximum absolute atomic E-state index is 13.0. The van der Waals surface area contributed by atoms with Gasteiger partial charge in [-0.05, 0) is 24.3 Å². The van der Waals surface area contributed by atoms with Crippen LogP contribution in [0.5, 0.6) is 5.75 Å². The highest BCUT2D eigenvalue weighted by molar-refractivity contribution is 5.79. The maximum atomic E-state index is 13.0. The summed E-state index contributed by atoms with van der Waals surface area (Å²) in [5.41, 5.74) is 7.06. The van der Waals surface area contributed by atoms with Crippen LogP contribution in [0.2, 0.25) is 0 Å². The summed E-state index contributed by atoms with van der Waals surface area (Å²) in [4.78, 5) is 4.18. The fourth-order valence-electron chi connectivity index (χ4n) is 1.75. The number of halogens is 1. The Balaban J connectivity index is 2.22. The van der Waals surface area contributed by atoms with E-state index in [-0.39, 0.29) is 17.3 Å². The van der Waals surface area contributed by atoms with E-state index in [1.54, 1.807) is 18.2 Å². The average molecular weight is 244 g/mol. The number of phenolic OH excluding ortho intramolecular Hbond substituents is 1. The number of fused-ring (bicyclic) bond motifs is 1. The summed E-state index contributed by atoms with van der Waals surface area (Å²) in [5.74, 6) is -0.285. The molecule has 3 aromatic rings. The van der Waals surface area contributed by atoms with Gasteiger partial charge in [-0.25, -0.2) is 9.37 Å². The molecule has 5 heteroatoms. The van der Waals surface area contributed by atoms with Gasteiger partial charge in [0.25, 0.3) is 0 Å². The quantitative estimate of drug-likeness (QED) is 0.510. The third-order valence-electron chi connectivity index (χ3n) is 2.65. The molecular formula is C13H9FN2O2. The Morgan fingerprint density at radius 3 is 2.89 bits per heavy atom. The highest BCUT2D eigenvalue weighted by atomic mass is 19.1. The average Bonchev–Trinajstić information content (AvgIpc) is 2.75. The van der Waals surface area contributed by atoms with Gasteiger partial charge in [-0.3, -0.25) is 0 Å². The lowest BCUT2D eigenvalue weighted by atomic mass is 10.2. The standard InChI is InChI=1S/C13H9FN2O2/c14-7-4-5-10-11(6-7)18-13(16-10)8-2-1-3-9(15)12(8)17/h1-6,17H,15H2. The van der Waals surface area contributed by atoms with Crippen LogP contribution < -0.4 is 5.73 Å². The first kappa shape index (κ1) is 10.6. The Kier molecular flexibility index (Phi) is 2.19. The van der Waals surface area contributed by atoms with Crippen LogP contribution in [0.4, 0.5) is 10.1 Å². The summed E-state index contributed by atoms with van der Waals surface area (Å²) in [7, 11) is 0. The van der Waals surface area contributed by atoms with Gasteiger partial charge in [-0.15, -0.1) is 0 Å². The highest BCUT2D eigenvalue weighted by Gasteiger charge is 2.13. The number of anilines is 1. The van der Waals surface area contributed by atoms with Crippen molar-refractivity contribution in [1.29, 1.82) is 0 Å². The lowest BCUT2D eigenvalue weighted by Gasteiger charge is -2.02. The molecule has 0 aliphatic rings. The van der Waals surface area contributed by atoms with Crippen LogP contribution in [0.1, 0.15) is 0 Å². The zero-order chi connectivity index (χ0) is 12.7. The van der Waals surface area contributed by atoms with E-state index in [1.807, 2.05) is 0 Å². The molecule has 2 aromatic carbocycles. The van der Waals surface area contributed by atoms with E-state index < -0.39 is 5.82 Å². The van der Waals surface area contributed by atoms with E-state index in [0.717, 1.165) is 0 Å². The Labute approximate surface area is 101 Å². The SMILES string of the molecule is Nc1cccc(-c2nc3ccc(F)cc3o2)c1O. The van der Waals surface area contributed by atoms with Crippen molar-refractivity contribution >= 4 is 16.8 Å². The molecule has 0 radical (unpaired) electrons. The number of oxazole rings is 1. The second kappa shape index (κ2) is 3.73. The van der Waals surface area contributed by atoms with E-state index in [2.05, 4.69) is 4.98 Å².